The Labute approximate surface area is 167 Å². The number of pyridine rings is 1. The number of aromatic nitrogens is 1. The number of ether oxygens (including phenoxy) is 1. The summed E-state index contributed by atoms with van der Waals surface area (Å²) in [7, 11) is 0. The van der Waals surface area contributed by atoms with Gasteiger partial charge in [-0.2, -0.15) is 4.98 Å². The zero-order valence-corrected chi connectivity index (χ0v) is 16.9. The van der Waals surface area contributed by atoms with Crippen molar-refractivity contribution in [2.24, 2.45) is 0 Å². The second kappa shape index (κ2) is 8.52. The van der Waals surface area contributed by atoms with Crippen LogP contribution in [0.1, 0.15) is 62.0 Å². The van der Waals surface area contributed by atoms with E-state index >= 15 is 0 Å². The van der Waals surface area contributed by atoms with Crippen LogP contribution in [0.15, 0.2) is 36.4 Å². The molecule has 144 valence electrons. The van der Waals surface area contributed by atoms with E-state index in [4.69, 9.17) is 21.3 Å². The van der Waals surface area contributed by atoms with E-state index < -0.39 is 0 Å². The second-order valence-electron chi connectivity index (χ2n) is 7.94. The number of hydrogen-bond donors (Lipinski definition) is 0. The average Bonchev–Trinajstić information content (AvgIpc) is 2.72. The highest BCUT2D eigenvalue weighted by atomic mass is 35.5. The fraction of sp³-hybridized carbons (Fsp3) is 0.522. The van der Waals surface area contributed by atoms with Crippen LogP contribution in [-0.2, 0) is 0 Å². The van der Waals surface area contributed by atoms with Crippen LogP contribution in [0.5, 0.6) is 5.88 Å². The van der Waals surface area contributed by atoms with Gasteiger partial charge in [0.1, 0.15) is 11.9 Å². The van der Waals surface area contributed by atoms with Crippen LogP contribution in [0.25, 0.3) is 0 Å². The van der Waals surface area contributed by atoms with Crippen LogP contribution in [0.2, 0.25) is 5.02 Å². The number of anilines is 1. The summed E-state index contributed by atoms with van der Waals surface area (Å²) in [5.74, 6) is 2.33. The molecule has 0 spiro atoms. The topological polar surface area (TPSA) is 25.4 Å². The lowest BCUT2D eigenvalue weighted by atomic mass is 9.89. The van der Waals surface area contributed by atoms with Crippen molar-refractivity contribution in [3.8, 4) is 5.88 Å². The Balaban J connectivity index is 1.46. The number of hydrogen-bond acceptors (Lipinski definition) is 3. The zero-order chi connectivity index (χ0) is 18.6. The van der Waals surface area contributed by atoms with E-state index in [0.717, 1.165) is 55.2 Å². The predicted molar refractivity (Wildman–Crippen MR) is 112 cm³/mol. The van der Waals surface area contributed by atoms with Gasteiger partial charge >= 0.3 is 0 Å². The van der Waals surface area contributed by atoms with Gasteiger partial charge in [-0.25, -0.2) is 0 Å². The molecule has 2 heterocycles. The molecule has 0 N–H and O–H groups in total. The van der Waals surface area contributed by atoms with Gasteiger partial charge in [-0.3, -0.25) is 0 Å². The molecule has 1 aromatic heterocycles. The van der Waals surface area contributed by atoms with Crippen LogP contribution >= 0.6 is 11.6 Å². The van der Waals surface area contributed by atoms with Crippen molar-refractivity contribution in [3.63, 3.8) is 0 Å². The molecule has 0 amide bonds. The van der Waals surface area contributed by atoms with Crippen LogP contribution in [-0.4, -0.2) is 24.2 Å². The maximum Gasteiger partial charge on any atom is 0.216 e. The minimum absolute atomic E-state index is 0.293. The van der Waals surface area contributed by atoms with E-state index in [0.29, 0.717) is 17.9 Å². The van der Waals surface area contributed by atoms with Crippen LogP contribution in [0, 0.1) is 6.92 Å². The number of nitrogens with zero attached hydrogens (tertiary/aromatic N) is 2. The van der Waals surface area contributed by atoms with Gasteiger partial charge in [0.2, 0.25) is 5.88 Å². The summed E-state index contributed by atoms with van der Waals surface area (Å²) < 4.78 is 6.19. The summed E-state index contributed by atoms with van der Waals surface area (Å²) in [6.07, 6.45) is 8.68. The van der Waals surface area contributed by atoms with Gasteiger partial charge in [0, 0.05) is 24.7 Å². The summed E-state index contributed by atoms with van der Waals surface area (Å²) in [6, 6.07) is 12.8. The number of piperidine rings is 1. The molecule has 1 aromatic carbocycles. The third kappa shape index (κ3) is 4.40. The highest BCUT2D eigenvalue weighted by molar-refractivity contribution is 6.31. The highest BCUT2D eigenvalue weighted by Gasteiger charge is 2.24. The number of halogens is 1. The lowest BCUT2D eigenvalue weighted by Gasteiger charge is -2.34. The van der Waals surface area contributed by atoms with Gasteiger partial charge < -0.3 is 9.64 Å². The summed E-state index contributed by atoms with van der Waals surface area (Å²) in [4.78, 5) is 7.25. The average molecular weight is 385 g/mol. The quantitative estimate of drug-likeness (QED) is 0.633. The SMILES string of the molecule is Cc1c(Cl)cc(OC2CCCCC2)nc1N1CCC(c2ccccc2)CC1. The molecular weight excluding hydrogens is 356 g/mol. The van der Waals surface area contributed by atoms with Crippen molar-refractivity contribution in [3.05, 3.63) is 52.5 Å². The second-order valence-corrected chi connectivity index (χ2v) is 8.35. The molecule has 1 saturated heterocycles. The Hall–Kier alpha value is -1.74. The Morgan fingerprint density at radius 1 is 1.00 bits per heavy atom. The van der Waals surface area contributed by atoms with E-state index in [1.54, 1.807) is 0 Å². The molecule has 27 heavy (non-hydrogen) atoms. The fourth-order valence-electron chi connectivity index (χ4n) is 4.42. The minimum Gasteiger partial charge on any atom is -0.474 e. The lowest BCUT2D eigenvalue weighted by molar-refractivity contribution is 0.149. The van der Waals surface area contributed by atoms with E-state index in [1.807, 2.05) is 6.07 Å². The highest BCUT2D eigenvalue weighted by Crippen LogP contribution is 2.35. The largest absolute Gasteiger partial charge is 0.474 e. The molecule has 0 bridgehead atoms. The van der Waals surface area contributed by atoms with Crippen molar-refractivity contribution >= 4 is 17.4 Å². The van der Waals surface area contributed by atoms with Crippen LogP contribution in [0.4, 0.5) is 5.82 Å². The molecule has 1 aliphatic carbocycles. The standard InChI is InChI=1S/C23H29ClN2O/c1-17-21(24)16-22(27-20-10-6-3-7-11-20)25-23(17)26-14-12-19(13-15-26)18-8-4-2-5-9-18/h2,4-5,8-9,16,19-20H,3,6-7,10-15H2,1H3. The molecule has 2 fully saturated rings. The van der Waals surface area contributed by atoms with E-state index in [-0.39, 0.29) is 0 Å². The Bertz CT molecular complexity index is 750. The monoisotopic (exact) mass is 384 g/mol. The van der Waals surface area contributed by atoms with Gasteiger partial charge in [0.05, 0.1) is 5.02 Å². The number of rotatable bonds is 4. The van der Waals surface area contributed by atoms with Crippen molar-refractivity contribution in [1.82, 2.24) is 4.98 Å². The fourth-order valence-corrected chi connectivity index (χ4v) is 4.59. The van der Waals surface area contributed by atoms with E-state index in [2.05, 4.69) is 42.2 Å². The number of benzene rings is 1. The molecule has 0 radical (unpaired) electrons. The van der Waals surface area contributed by atoms with Gasteiger partial charge in [-0.1, -0.05) is 48.4 Å². The van der Waals surface area contributed by atoms with Gasteiger partial charge in [-0.05, 0) is 56.9 Å². The van der Waals surface area contributed by atoms with Crippen molar-refractivity contribution in [1.29, 1.82) is 0 Å². The molecule has 0 atom stereocenters. The maximum atomic E-state index is 6.53. The van der Waals surface area contributed by atoms with Crippen LogP contribution in [0.3, 0.4) is 0 Å². The Morgan fingerprint density at radius 3 is 2.41 bits per heavy atom. The lowest BCUT2D eigenvalue weighted by Crippen LogP contribution is -2.34. The first-order valence-electron chi connectivity index (χ1n) is 10.3. The molecule has 1 saturated carbocycles. The predicted octanol–water partition coefficient (Wildman–Crippen LogP) is 6.14. The Kier molecular flexibility index (Phi) is 5.87. The molecule has 2 aliphatic rings. The van der Waals surface area contributed by atoms with Gasteiger partial charge in [-0.15, -0.1) is 0 Å². The van der Waals surface area contributed by atoms with E-state index in [1.165, 1.54) is 24.8 Å². The van der Waals surface area contributed by atoms with Crippen molar-refractivity contribution < 1.29 is 4.74 Å². The zero-order valence-electron chi connectivity index (χ0n) is 16.2. The smallest absolute Gasteiger partial charge is 0.216 e. The third-order valence-corrected chi connectivity index (χ3v) is 6.46. The molecule has 1 aliphatic heterocycles. The summed E-state index contributed by atoms with van der Waals surface area (Å²) in [5.41, 5.74) is 2.51. The molecule has 2 aromatic rings. The molecule has 4 heteroatoms. The molecule has 4 rings (SSSR count). The first-order valence-corrected chi connectivity index (χ1v) is 10.7. The Morgan fingerprint density at radius 2 is 1.70 bits per heavy atom. The molecular formula is C23H29ClN2O. The first-order chi connectivity index (χ1) is 13.2. The van der Waals surface area contributed by atoms with Crippen molar-refractivity contribution in [2.75, 3.05) is 18.0 Å². The molecule has 0 unspecified atom stereocenters. The molecule has 3 nitrogen and oxygen atoms in total. The minimum atomic E-state index is 0.293. The first kappa shape index (κ1) is 18.6. The summed E-state index contributed by atoms with van der Waals surface area (Å²) >= 11 is 6.53. The maximum absolute atomic E-state index is 6.53. The van der Waals surface area contributed by atoms with Gasteiger partial charge in [0.15, 0.2) is 0 Å². The third-order valence-electron chi connectivity index (χ3n) is 6.07. The summed E-state index contributed by atoms with van der Waals surface area (Å²) in [5, 5.41) is 0.760. The summed E-state index contributed by atoms with van der Waals surface area (Å²) in [6.45, 7) is 4.09. The normalized spacial score (nSPS) is 19.3. The van der Waals surface area contributed by atoms with Crippen molar-refractivity contribution in [2.45, 2.75) is 63.9 Å². The van der Waals surface area contributed by atoms with Crippen LogP contribution < -0.4 is 9.64 Å². The van der Waals surface area contributed by atoms with Gasteiger partial charge in [0.25, 0.3) is 0 Å². The van der Waals surface area contributed by atoms with E-state index in [9.17, 15) is 0 Å².